The third-order valence-electron chi connectivity index (χ3n) is 6.00. The molecular weight excluding hydrogens is 428 g/mol. The normalized spacial score (nSPS) is 14.8. The first-order valence-electron chi connectivity index (χ1n) is 11.0. The van der Waals surface area contributed by atoms with Gasteiger partial charge in [0, 0.05) is 43.3 Å². The third-order valence-corrected chi connectivity index (χ3v) is 6.30. The summed E-state index contributed by atoms with van der Waals surface area (Å²) >= 11 is 6.19. The summed E-state index contributed by atoms with van der Waals surface area (Å²) in [5, 5.41) is 4.28. The van der Waals surface area contributed by atoms with Gasteiger partial charge in [-0.05, 0) is 50.6 Å². The molecular formula is C25H29ClN2O4. The number of furan rings is 1. The Labute approximate surface area is 193 Å². The molecule has 2 heterocycles. The smallest absolute Gasteiger partial charge is 0.287 e. The number of carbonyl (C=O) groups excluding carboxylic acids is 1. The quantitative estimate of drug-likeness (QED) is 0.526. The van der Waals surface area contributed by atoms with E-state index in [1.165, 1.54) is 0 Å². The van der Waals surface area contributed by atoms with Crippen molar-refractivity contribution in [3.05, 3.63) is 64.4 Å². The Hall–Kier alpha value is -2.54. The molecule has 170 valence electrons. The van der Waals surface area contributed by atoms with Crippen molar-refractivity contribution in [3.63, 3.8) is 0 Å². The maximum atomic E-state index is 12.7. The first-order valence-corrected chi connectivity index (χ1v) is 11.4. The summed E-state index contributed by atoms with van der Waals surface area (Å²) in [4.78, 5) is 15.1. The van der Waals surface area contributed by atoms with Crippen molar-refractivity contribution >= 4 is 28.5 Å². The summed E-state index contributed by atoms with van der Waals surface area (Å²) in [7, 11) is 2.14. The molecule has 0 saturated carbocycles. The Morgan fingerprint density at radius 3 is 2.78 bits per heavy atom. The summed E-state index contributed by atoms with van der Waals surface area (Å²) in [6, 6.07) is 13.8. The zero-order chi connectivity index (χ0) is 22.5. The number of benzene rings is 2. The number of nitrogens with zero attached hydrogens (tertiary/aromatic N) is 1. The van der Waals surface area contributed by atoms with Crippen molar-refractivity contribution in [3.8, 4) is 5.75 Å². The molecule has 32 heavy (non-hydrogen) atoms. The molecule has 1 aliphatic heterocycles. The number of carbonyl (C=O) groups is 1. The molecule has 2 aromatic carbocycles. The number of nitrogens with one attached hydrogen (secondary N) is 1. The van der Waals surface area contributed by atoms with E-state index in [2.05, 4.69) is 17.3 Å². The minimum atomic E-state index is -0.265. The van der Waals surface area contributed by atoms with Gasteiger partial charge in [0.15, 0.2) is 11.3 Å². The Balaban J connectivity index is 1.31. The standard InChI is InChI=1S/C25H29ClN2O4/c1-17-21-7-4-8-22(26)24(21)32-23(17)25(29)27-16-18-5-3-6-20(15-18)31-14-11-28(2)19-9-12-30-13-10-19/h3-8,15,19H,9-14,16H2,1-2H3,(H,27,29). The summed E-state index contributed by atoms with van der Waals surface area (Å²) < 4.78 is 17.1. The second kappa shape index (κ2) is 10.4. The van der Waals surface area contributed by atoms with Gasteiger partial charge in [0.05, 0.1) is 5.02 Å². The first kappa shape index (κ1) is 22.6. The number of para-hydroxylation sites is 1. The van der Waals surface area contributed by atoms with Gasteiger partial charge in [-0.3, -0.25) is 9.69 Å². The summed E-state index contributed by atoms with van der Waals surface area (Å²) in [5.41, 5.74) is 2.28. The van der Waals surface area contributed by atoms with E-state index in [4.69, 9.17) is 25.5 Å². The molecule has 1 aliphatic rings. The Morgan fingerprint density at radius 1 is 1.22 bits per heavy atom. The Bertz CT molecular complexity index is 1070. The van der Waals surface area contributed by atoms with Crippen molar-refractivity contribution < 1.29 is 18.7 Å². The fraction of sp³-hybridized carbons (Fsp3) is 0.400. The molecule has 0 bridgehead atoms. The third kappa shape index (κ3) is 5.26. The van der Waals surface area contributed by atoms with Crippen LogP contribution in [0, 0.1) is 6.92 Å². The number of hydrogen-bond donors (Lipinski definition) is 1. The SMILES string of the molecule is Cc1c(C(=O)NCc2cccc(OCCN(C)C3CCOCC3)c2)oc2c(Cl)cccc12. The number of hydrogen-bond acceptors (Lipinski definition) is 5. The molecule has 0 radical (unpaired) electrons. The molecule has 6 nitrogen and oxygen atoms in total. The zero-order valence-electron chi connectivity index (χ0n) is 18.5. The highest BCUT2D eigenvalue weighted by Crippen LogP contribution is 2.30. The lowest BCUT2D eigenvalue weighted by atomic mass is 10.1. The van der Waals surface area contributed by atoms with Gasteiger partial charge in [-0.15, -0.1) is 0 Å². The monoisotopic (exact) mass is 456 g/mol. The average molecular weight is 457 g/mol. The van der Waals surface area contributed by atoms with Crippen LogP contribution in [0.4, 0.5) is 0 Å². The molecule has 1 saturated heterocycles. The van der Waals surface area contributed by atoms with Crippen LogP contribution in [-0.4, -0.2) is 50.3 Å². The fourth-order valence-corrected chi connectivity index (χ4v) is 4.26. The average Bonchev–Trinajstić information content (AvgIpc) is 3.16. The lowest BCUT2D eigenvalue weighted by molar-refractivity contribution is 0.0392. The molecule has 1 N–H and O–H groups in total. The highest BCUT2D eigenvalue weighted by molar-refractivity contribution is 6.35. The molecule has 3 aromatic rings. The summed E-state index contributed by atoms with van der Waals surface area (Å²) in [6.45, 7) is 5.39. The summed E-state index contributed by atoms with van der Waals surface area (Å²) in [5.74, 6) is 0.819. The summed E-state index contributed by atoms with van der Waals surface area (Å²) in [6.07, 6.45) is 2.14. The number of amides is 1. The number of likely N-dealkylation sites (N-methyl/N-ethyl adjacent to an activating group) is 1. The van der Waals surface area contributed by atoms with Gasteiger partial charge in [0.2, 0.25) is 0 Å². The fourth-order valence-electron chi connectivity index (χ4n) is 4.05. The predicted octanol–water partition coefficient (Wildman–Crippen LogP) is 4.81. The van der Waals surface area contributed by atoms with Gasteiger partial charge < -0.3 is 19.2 Å². The second-order valence-electron chi connectivity index (χ2n) is 8.18. The van der Waals surface area contributed by atoms with Crippen LogP contribution in [0.2, 0.25) is 5.02 Å². The Kier molecular flexibility index (Phi) is 7.35. The van der Waals surface area contributed by atoms with Gasteiger partial charge >= 0.3 is 0 Å². The molecule has 4 rings (SSSR count). The van der Waals surface area contributed by atoms with E-state index < -0.39 is 0 Å². The first-order chi connectivity index (χ1) is 15.5. The van der Waals surface area contributed by atoms with Crippen molar-refractivity contribution in [2.45, 2.75) is 32.4 Å². The minimum absolute atomic E-state index is 0.265. The molecule has 7 heteroatoms. The highest BCUT2D eigenvalue weighted by Gasteiger charge is 2.19. The number of aryl methyl sites for hydroxylation is 1. The predicted molar refractivity (Wildman–Crippen MR) is 126 cm³/mol. The van der Waals surface area contributed by atoms with Gasteiger partial charge in [0.1, 0.15) is 12.4 Å². The lowest BCUT2D eigenvalue weighted by Crippen LogP contribution is -2.38. The minimum Gasteiger partial charge on any atom is -0.492 e. The van der Waals surface area contributed by atoms with Crippen molar-refractivity contribution in [1.29, 1.82) is 0 Å². The van der Waals surface area contributed by atoms with Crippen LogP contribution in [0.1, 0.15) is 34.5 Å². The number of fused-ring (bicyclic) bond motifs is 1. The van der Waals surface area contributed by atoms with E-state index in [-0.39, 0.29) is 11.7 Å². The lowest BCUT2D eigenvalue weighted by Gasteiger charge is -2.31. The van der Waals surface area contributed by atoms with Gasteiger partial charge in [0.25, 0.3) is 5.91 Å². The van der Waals surface area contributed by atoms with Crippen LogP contribution >= 0.6 is 11.6 Å². The molecule has 0 unspecified atom stereocenters. The van der Waals surface area contributed by atoms with Crippen molar-refractivity contribution in [1.82, 2.24) is 10.2 Å². The van der Waals surface area contributed by atoms with Crippen LogP contribution in [0.3, 0.4) is 0 Å². The molecule has 0 aliphatic carbocycles. The van der Waals surface area contributed by atoms with Gasteiger partial charge in [-0.25, -0.2) is 0 Å². The molecule has 0 atom stereocenters. The Morgan fingerprint density at radius 2 is 2.00 bits per heavy atom. The van der Waals surface area contributed by atoms with E-state index in [0.717, 1.165) is 54.9 Å². The second-order valence-corrected chi connectivity index (χ2v) is 8.58. The van der Waals surface area contributed by atoms with E-state index in [0.29, 0.717) is 29.8 Å². The molecule has 1 amide bonds. The molecule has 0 spiro atoms. The van der Waals surface area contributed by atoms with Crippen LogP contribution in [0.15, 0.2) is 46.9 Å². The van der Waals surface area contributed by atoms with E-state index in [1.54, 1.807) is 6.07 Å². The van der Waals surface area contributed by atoms with Crippen LogP contribution in [-0.2, 0) is 11.3 Å². The van der Waals surface area contributed by atoms with Crippen LogP contribution in [0.25, 0.3) is 11.0 Å². The van der Waals surface area contributed by atoms with E-state index in [9.17, 15) is 4.79 Å². The maximum absolute atomic E-state index is 12.7. The molecule has 1 aromatic heterocycles. The maximum Gasteiger partial charge on any atom is 0.287 e. The van der Waals surface area contributed by atoms with Crippen molar-refractivity contribution in [2.24, 2.45) is 0 Å². The number of rotatable bonds is 8. The van der Waals surface area contributed by atoms with Gasteiger partial charge in [-0.2, -0.15) is 0 Å². The highest BCUT2D eigenvalue weighted by atomic mass is 35.5. The van der Waals surface area contributed by atoms with E-state index >= 15 is 0 Å². The zero-order valence-corrected chi connectivity index (χ0v) is 19.3. The van der Waals surface area contributed by atoms with Crippen LogP contribution < -0.4 is 10.1 Å². The number of halogens is 1. The number of ether oxygens (including phenoxy) is 2. The largest absolute Gasteiger partial charge is 0.492 e. The van der Waals surface area contributed by atoms with Gasteiger partial charge in [-0.1, -0.05) is 35.9 Å². The van der Waals surface area contributed by atoms with Crippen LogP contribution in [0.5, 0.6) is 5.75 Å². The van der Waals surface area contributed by atoms with E-state index in [1.807, 2.05) is 43.3 Å². The molecule has 1 fully saturated rings. The van der Waals surface area contributed by atoms with Crippen molar-refractivity contribution in [2.75, 3.05) is 33.4 Å². The topological polar surface area (TPSA) is 63.9 Å².